The summed E-state index contributed by atoms with van der Waals surface area (Å²) in [5, 5.41) is 3.31. The third-order valence-corrected chi connectivity index (χ3v) is 4.57. The smallest absolute Gasteiger partial charge is 0.255 e. The summed E-state index contributed by atoms with van der Waals surface area (Å²) in [6, 6.07) is 5.00. The summed E-state index contributed by atoms with van der Waals surface area (Å²) in [5.74, 6) is -0.263. The molecule has 0 bridgehead atoms. The normalized spacial score (nSPS) is 21.3. The molecule has 1 atom stereocenters. The number of amides is 2. The van der Waals surface area contributed by atoms with Crippen LogP contribution in [0.15, 0.2) is 18.2 Å². The Morgan fingerprint density at radius 3 is 2.65 bits per heavy atom. The van der Waals surface area contributed by atoms with Gasteiger partial charge in [-0.05, 0) is 50.3 Å². The quantitative estimate of drug-likeness (QED) is 0.922. The van der Waals surface area contributed by atoms with E-state index in [9.17, 15) is 9.59 Å². The lowest BCUT2D eigenvalue weighted by Gasteiger charge is -2.27. The van der Waals surface area contributed by atoms with Crippen molar-refractivity contribution >= 4 is 29.1 Å². The summed E-state index contributed by atoms with van der Waals surface area (Å²) >= 11 is 6.04. The maximum atomic E-state index is 12.7. The van der Waals surface area contributed by atoms with Crippen molar-refractivity contribution in [3.63, 3.8) is 0 Å². The zero-order chi connectivity index (χ0) is 16.2. The van der Waals surface area contributed by atoms with Crippen molar-refractivity contribution in [3.8, 4) is 0 Å². The lowest BCUT2D eigenvalue weighted by atomic mass is 10.1. The van der Waals surface area contributed by atoms with Gasteiger partial charge in [-0.1, -0.05) is 11.6 Å². The molecule has 0 saturated carbocycles. The van der Waals surface area contributed by atoms with Gasteiger partial charge in [0, 0.05) is 24.7 Å². The minimum atomic E-state index is -0.438. The molecule has 124 valence electrons. The zero-order valence-electron chi connectivity index (χ0n) is 13.0. The number of hydrogen-bond donors (Lipinski definition) is 1. The van der Waals surface area contributed by atoms with Crippen molar-refractivity contribution in [2.24, 2.45) is 0 Å². The Kier molecular flexibility index (Phi) is 5.18. The topological polar surface area (TPSA) is 58.6 Å². The molecule has 5 nitrogen and oxygen atoms in total. The summed E-state index contributed by atoms with van der Waals surface area (Å²) < 4.78 is 5.39. The first kappa shape index (κ1) is 16.3. The summed E-state index contributed by atoms with van der Waals surface area (Å²) in [5.41, 5.74) is 0.955. The second-order valence-electron chi connectivity index (χ2n) is 6.03. The van der Waals surface area contributed by atoms with E-state index in [0.29, 0.717) is 29.3 Å². The number of nitrogens with one attached hydrogen (secondary N) is 1. The van der Waals surface area contributed by atoms with E-state index in [0.717, 1.165) is 38.8 Å². The summed E-state index contributed by atoms with van der Waals surface area (Å²) in [7, 11) is 0. The number of benzene rings is 1. The van der Waals surface area contributed by atoms with Crippen LogP contribution >= 0.6 is 11.6 Å². The van der Waals surface area contributed by atoms with Gasteiger partial charge in [-0.3, -0.25) is 9.59 Å². The van der Waals surface area contributed by atoms with Gasteiger partial charge in [0.15, 0.2) is 0 Å². The largest absolute Gasteiger partial charge is 0.368 e. The highest BCUT2D eigenvalue weighted by atomic mass is 35.5. The van der Waals surface area contributed by atoms with Crippen molar-refractivity contribution in [1.82, 2.24) is 4.90 Å². The van der Waals surface area contributed by atoms with Gasteiger partial charge in [-0.2, -0.15) is 0 Å². The Balaban J connectivity index is 1.79. The van der Waals surface area contributed by atoms with E-state index in [2.05, 4.69) is 5.32 Å². The van der Waals surface area contributed by atoms with E-state index in [4.69, 9.17) is 16.3 Å². The summed E-state index contributed by atoms with van der Waals surface area (Å²) in [4.78, 5) is 26.8. The molecular weight excluding hydrogens is 316 g/mol. The highest BCUT2D eigenvalue weighted by Gasteiger charge is 2.26. The fraction of sp³-hybridized carbons (Fsp3) is 0.529. The molecule has 6 heteroatoms. The van der Waals surface area contributed by atoms with E-state index < -0.39 is 6.10 Å². The summed E-state index contributed by atoms with van der Waals surface area (Å²) in [6.07, 6.45) is 4.36. The molecule has 1 aromatic carbocycles. The number of anilines is 1. The molecule has 2 fully saturated rings. The number of likely N-dealkylation sites (tertiary alicyclic amines) is 1. The molecule has 23 heavy (non-hydrogen) atoms. The molecule has 1 aromatic rings. The number of hydrogen-bond acceptors (Lipinski definition) is 3. The van der Waals surface area contributed by atoms with Crippen molar-refractivity contribution in [3.05, 3.63) is 28.8 Å². The SMILES string of the molecule is O=C(Nc1cc(Cl)ccc1C(=O)N1CCCCC1)C1CCCO1. The number of ether oxygens (including phenoxy) is 1. The number of rotatable bonds is 3. The number of halogens is 1. The number of nitrogens with zero attached hydrogens (tertiary/aromatic N) is 1. The lowest BCUT2D eigenvalue weighted by Crippen LogP contribution is -2.36. The molecule has 0 spiro atoms. The van der Waals surface area contributed by atoms with E-state index in [-0.39, 0.29) is 11.8 Å². The highest BCUT2D eigenvalue weighted by Crippen LogP contribution is 2.25. The van der Waals surface area contributed by atoms with Crippen molar-refractivity contribution < 1.29 is 14.3 Å². The van der Waals surface area contributed by atoms with Crippen LogP contribution in [0.1, 0.15) is 42.5 Å². The molecule has 2 heterocycles. The van der Waals surface area contributed by atoms with Gasteiger partial charge in [0.05, 0.1) is 11.3 Å². The molecule has 2 aliphatic heterocycles. The monoisotopic (exact) mass is 336 g/mol. The maximum Gasteiger partial charge on any atom is 0.255 e. The Bertz CT molecular complexity index is 594. The van der Waals surface area contributed by atoms with E-state index >= 15 is 0 Å². The maximum absolute atomic E-state index is 12.7. The molecular formula is C17H21ClN2O3. The minimum absolute atomic E-state index is 0.0518. The first-order valence-corrected chi connectivity index (χ1v) is 8.54. The van der Waals surface area contributed by atoms with Gasteiger partial charge in [-0.25, -0.2) is 0 Å². The van der Waals surface area contributed by atoms with Gasteiger partial charge in [-0.15, -0.1) is 0 Å². The molecule has 3 rings (SSSR count). The molecule has 1 unspecified atom stereocenters. The average molecular weight is 337 g/mol. The van der Waals surface area contributed by atoms with Crippen LogP contribution in [0.4, 0.5) is 5.69 Å². The molecule has 0 aliphatic carbocycles. The molecule has 2 amide bonds. The van der Waals surface area contributed by atoms with Crippen molar-refractivity contribution in [1.29, 1.82) is 0 Å². The highest BCUT2D eigenvalue weighted by molar-refractivity contribution is 6.31. The average Bonchev–Trinajstić information content (AvgIpc) is 3.10. The standard InChI is InChI=1S/C17H21ClN2O3/c18-12-6-7-13(17(22)20-8-2-1-3-9-20)14(11-12)19-16(21)15-5-4-10-23-15/h6-7,11,15H,1-5,8-10H2,(H,19,21). The fourth-order valence-electron chi connectivity index (χ4n) is 3.07. The predicted molar refractivity (Wildman–Crippen MR) is 88.8 cm³/mol. The molecule has 0 radical (unpaired) electrons. The van der Waals surface area contributed by atoms with Gasteiger partial charge in [0.25, 0.3) is 11.8 Å². The van der Waals surface area contributed by atoms with E-state index in [1.54, 1.807) is 18.2 Å². The Labute approximate surface area is 140 Å². The Morgan fingerprint density at radius 2 is 1.96 bits per heavy atom. The number of carbonyl (C=O) groups excluding carboxylic acids is 2. The number of piperidine rings is 1. The molecule has 2 saturated heterocycles. The third kappa shape index (κ3) is 3.85. The van der Waals surface area contributed by atoms with Crippen LogP contribution in [-0.2, 0) is 9.53 Å². The summed E-state index contributed by atoms with van der Waals surface area (Å²) in [6.45, 7) is 2.13. The second-order valence-corrected chi connectivity index (χ2v) is 6.47. The van der Waals surface area contributed by atoms with E-state index in [1.807, 2.05) is 4.90 Å². The first-order valence-electron chi connectivity index (χ1n) is 8.16. The third-order valence-electron chi connectivity index (χ3n) is 4.34. The Hall–Kier alpha value is -1.59. The molecule has 2 aliphatic rings. The van der Waals surface area contributed by atoms with Crippen LogP contribution in [-0.4, -0.2) is 42.5 Å². The predicted octanol–water partition coefficient (Wildman–Crippen LogP) is 3.08. The van der Waals surface area contributed by atoms with Crippen LogP contribution in [0.25, 0.3) is 0 Å². The molecule has 0 aromatic heterocycles. The van der Waals surface area contributed by atoms with Crippen LogP contribution in [0.2, 0.25) is 5.02 Å². The van der Waals surface area contributed by atoms with Gasteiger partial charge < -0.3 is 15.0 Å². The molecule has 1 N–H and O–H groups in total. The first-order chi connectivity index (χ1) is 11.1. The zero-order valence-corrected chi connectivity index (χ0v) is 13.8. The van der Waals surface area contributed by atoms with E-state index in [1.165, 1.54) is 0 Å². The van der Waals surface area contributed by atoms with Crippen LogP contribution in [0.3, 0.4) is 0 Å². The van der Waals surface area contributed by atoms with Crippen molar-refractivity contribution in [2.45, 2.75) is 38.2 Å². The fourth-order valence-corrected chi connectivity index (χ4v) is 3.24. The minimum Gasteiger partial charge on any atom is -0.368 e. The number of carbonyl (C=O) groups is 2. The Morgan fingerprint density at radius 1 is 1.17 bits per heavy atom. The van der Waals surface area contributed by atoms with Gasteiger partial charge in [0.2, 0.25) is 0 Å². The van der Waals surface area contributed by atoms with Crippen LogP contribution in [0.5, 0.6) is 0 Å². The second kappa shape index (κ2) is 7.32. The van der Waals surface area contributed by atoms with Gasteiger partial charge >= 0.3 is 0 Å². The van der Waals surface area contributed by atoms with Crippen LogP contribution in [0, 0.1) is 0 Å². The van der Waals surface area contributed by atoms with Gasteiger partial charge in [0.1, 0.15) is 6.10 Å². The van der Waals surface area contributed by atoms with Crippen molar-refractivity contribution in [2.75, 3.05) is 25.0 Å². The van der Waals surface area contributed by atoms with Crippen LogP contribution < -0.4 is 5.32 Å². The lowest BCUT2D eigenvalue weighted by molar-refractivity contribution is -0.124.